The molecule has 3 unspecified atom stereocenters. The fourth-order valence-electron chi connectivity index (χ4n) is 0.272. The Bertz CT molecular complexity index is 43.3. The van der Waals surface area contributed by atoms with Gasteiger partial charge in [-0.05, 0) is 17.7 Å². The molecular formula is C5H14P2. The van der Waals surface area contributed by atoms with Crippen molar-refractivity contribution in [3.05, 3.63) is 0 Å². The average molecular weight is 136 g/mol. The Labute approximate surface area is 50.9 Å². The van der Waals surface area contributed by atoms with Crippen LogP contribution in [0.5, 0.6) is 0 Å². The van der Waals surface area contributed by atoms with Gasteiger partial charge in [0.05, 0.1) is 0 Å². The highest BCUT2D eigenvalue weighted by Crippen LogP contribution is 2.13. The first kappa shape index (κ1) is 7.86. The Hall–Kier alpha value is 0.860. The molecule has 0 aromatic heterocycles. The maximum absolute atomic E-state index is 2.83. The highest BCUT2D eigenvalue weighted by atomic mass is 31.0. The van der Waals surface area contributed by atoms with Crippen molar-refractivity contribution < 1.29 is 0 Å². The molecule has 0 radical (unpaired) electrons. The minimum atomic E-state index is 0.782. The van der Waals surface area contributed by atoms with E-state index in [1.807, 2.05) is 0 Å². The molecule has 0 aromatic rings. The SMILES string of the molecule is CC(C)C(P)CP. The zero-order valence-corrected chi connectivity index (χ0v) is 7.33. The Morgan fingerprint density at radius 2 is 1.86 bits per heavy atom. The zero-order chi connectivity index (χ0) is 5.86. The molecule has 0 aliphatic rings. The standard InChI is InChI=1S/C5H14P2/c1-4(2)5(7)3-6/h4-5H,3,6-7H2,1-2H3. The smallest absolute Gasteiger partial charge is 0.0207 e. The fourth-order valence-corrected chi connectivity index (χ4v) is 0.816. The van der Waals surface area contributed by atoms with Gasteiger partial charge in [0, 0.05) is 0 Å². The van der Waals surface area contributed by atoms with Gasteiger partial charge >= 0.3 is 0 Å². The second kappa shape index (κ2) is 3.81. The first-order valence-electron chi connectivity index (χ1n) is 2.64. The lowest BCUT2D eigenvalue weighted by molar-refractivity contribution is 0.648. The van der Waals surface area contributed by atoms with Crippen LogP contribution in [-0.4, -0.2) is 11.8 Å². The minimum Gasteiger partial charge on any atom is -0.137 e. The predicted octanol–water partition coefficient (Wildman–Crippen LogP) is 1.76. The van der Waals surface area contributed by atoms with Gasteiger partial charge in [-0.2, -0.15) is 0 Å². The quantitative estimate of drug-likeness (QED) is 0.507. The summed E-state index contributed by atoms with van der Waals surface area (Å²) in [6.45, 7) is 4.48. The highest BCUT2D eigenvalue weighted by Gasteiger charge is 2.01. The Morgan fingerprint density at radius 3 is 1.86 bits per heavy atom. The Morgan fingerprint density at radius 1 is 1.43 bits per heavy atom. The third-order valence-corrected chi connectivity index (χ3v) is 3.26. The van der Waals surface area contributed by atoms with Crippen molar-refractivity contribution in [2.45, 2.75) is 19.5 Å². The van der Waals surface area contributed by atoms with Gasteiger partial charge in [0.2, 0.25) is 0 Å². The average Bonchev–Trinajstić information content (AvgIpc) is 1.65. The molecule has 0 saturated carbocycles. The second-order valence-electron chi connectivity index (χ2n) is 2.14. The van der Waals surface area contributed by atoms with Gasteiger partial charge in [0.25, 0.3) is 0 Å². The van der Waals surface area contributed by atoms with E-state index in [0.29, 0.717) is 0 Å². The summed E-state index contributed by atoms with van der Waals surface area (Å²) >= 11 is 0. The molecule has 0 aliphatic carbocycles. The van der Waals surface area contributed by atoms with Crippen LogP contribution < -0.4 is 0 Å². The topological polar surface area (TPSA) is 0 Å². The molecule has 0 amide bonds. The summed E-state index contributed by atoms with van der Waals surface area (Å²) in [7, 11) is 5.57. The summed E-state index contributed by atoms with van der Waals surface area (Å²) in [6, 6.07) is 0. The molecule has 0 bridgehead atoms. The van der Waals surface area contributed by atoms with Crippen molar-refractivity contribution >= 4 is 18.5 Å². The predicted molar refractivity (Wildman–Crippen MR) is 42.9 cm³/mol. The summed E-state index contributed by atoms with van der Waals surface area (Å²) in [5.41, 5.74) is 0.782. The Kier molecular flexibility index (Phi) is 4.28. The minimum absolute atomic E-state index is 0.782. The molecule has 3 atom stereocenters. The molecule has 0 spiro atoms. The van der Waals surface area contributed by atoms with Crippen LogP contribution in [0.4, 0.5) is 0 Å². The highest BCUT2D eigenvalue weighted by molar-refractivity contribution is 7.22. The molecule has 0 fully saturated rings. The van der Waals surface area contributed by atoms with E-state index in [9.17, 15) is 0 Å². The third kappa shape index (κ3) is 3.44. The van der Waals surface area contributed by atoms with E-state index in [1.165, 1.54) is 6.16 Å². The van der Waals surface area contributed by atoms with Gasteiger partial charge in [0.1, 0.15) is 0 Å². The molecular weight excluding hydrogens is 122 g/mol. The lowest BCUT2D eigenvalue weighted by atomic mass is 10.1. The van der Waals surface area contributed by atoms with E-state index in [1.54, 1.807) is 0 Å². The molecule has 0 nitrogen and oxygen atoms in total. The van der Waals surface area contributed by atoms with Crippen molar-refractivity contribution in [3.8, 4) is 0 Å². The van der Waals surface area contributed by atoms with Crippen molar-refractivity contribution in [2.24, 2.45) is 5.92 Å². The molecule has 0 aliphatic heterocycles. The van der Waals surface area contributed by atoms with Gasteiger partial charge in [-0.25, -0.2) is 0 Å². The molecule has 0 rings (SSSR count). The normalized spacial score (nSPS) is 15.0. The largest absolute Gasteiger partial charge is 0.137 e. The van der Waals surface area contributed by atoms with Crippen LogP contribution in [0.3, 0.4) is 0 Å². The van der Waals surface area contributed by atoms with Crippen LogP contribution in [0.1, 0.15) is 13.8 Å². The molecule has 2 heteroatoms. The van der Waals surface area contributed by atoms with E-state index >= 15 is 0 Å². The van der Waals surface area contributed by atoms with Crippen LogP contribution in [-0.2, 0) is 0 Å². The molecule has 0 saturated heterocycles. The first-order chi connectivity index (χ1) is 3.18. The lowest BCUT2D eigenvalue weighted by Crippen LogP contribution is -2.06. The van der Waals surface area contributed by atoms with E-state index in [0.717, 1.165) is 11.6 Å². The van der Waals surface area contributed by atoms with Crippen LogP contribution >= 0.6 is 18.5 Å². The van der Waals surface area contributed by atoms with Crippen LogP contribution in [0.2, 0.25) is 0 Å². The molecule has 0 N–H and O–H groups in total. The van der Waals surface area contributed by atoms with E-state index in [2.05, 4.69) is 32.3 Å². The monoisotopic (exact) mass is 136 g/mol. The second-order valence-corrected chi connectivity index (χ2v) is 3.47. The van der Waals surface area contributed by atoms with Gasteiger partial charge in [0.15, 0.2) is 0 Å². The molecule has 0 aromatic carbocycles. The van der Waals surface area contributed by atoms with Crippen LogP contribution in [0.15, 0.2) is 0 Å². The first-order valence-corrected chi connectivity index (χ1v) is 4.12. The van der Waals surface area contributed by atoms with Crippen molar-refractivity contribution in [1.82, 2.24) is 0 Å². The Balaban J connectivity index is 3.14. The van der Waals surface area contributed by atoms with Gasteiger partial charge in [-0.1, -0.05) is 13.8 Å². The lowest BCUT2D eigenvalue weighted by Gasteiger charge is -2.10. The van der Waals surface area contributed by atoms with E-state index < -0.39 is 0 Å². The van der Waals surface area contributed by atoms with Gasteiger partial charge in [-0.15, -0.1) is 18.5 Å². The fraction of sp³-hybridized carbons (Fsp3) is 1.00. The van der Waals surface area contributed by atoms with Crippen LogP contribution in [0, 0.1) is 5.92 Å². The summed E-state index contributed by atoms with van der Waals surface area (Å²) in [6.07, 6.45) is 1.20. The summed E-state index contributed by atoms with van der Waals surface area (Å²) in [5, 5.41) is 0. The number of hydrogen-bond acceptors (Lipinski definition) is 0. The van der Waals surface area contributed by atoms with Crippen molar-refractivity contribution in [1.29, 1.82) is 0 Å². The summed E-state index contributed by atoms with van der Waals surface area (Å²) < 4.78 is 0. The molecule has 0 heterocycles. The van der Waals surface area contributed by atoms with Gasteiger partial charge < -0.3 is 0 Å². The number of rotatable bonds is 2. The summed E-state index contributed by atoms with van der Waals surface area (Å²) in [5.74, 6) is 0.808. The molecule has 44 valence electrons. The van der Waals surface area contributed by atoms with Crippen molar-refractivity contribution in [2.75, 3.05) is 6.16 Å². The maximum Gasteiger partial charge on any atom is -0.0207 e. The van der Waals surface area contributed by atoms with E-state index in [-0.39, 0.29) is 0 Å². The maximum atomic E-state index is 2.83. The zero-order valence-electron chi connectivity index (χ0n) is 5.02. The van der Waals surface area contributed by atoms with Crippen LogP contribution in [0.25, 0.3) is 0 Å². The number of hydrogen-bond donors (Lipinski definition) is 0. The van der Waals surface area contributed by atoms with Gasteiger partial charge in [-0.3, -0.25) is 0 Å². The van der Waals surface area contributed by atoms with Crippen molar-refractivity contribution in [3.63, 3.8) is 0 Å². The third-order valence-electron chi connectivity index (χ3n) is 1.13. The summed E-state index contributed by atoms with van der Waals surface area (Å²) in [4.78, 5) is 0. The molecule has 7 heavy (non-hydrogen) atoms. The van der Waals surface area contributed by atoms with E-state index in [4.69, 9.17) is 0 Å².